The molecule has 0 saturated carbocycles. The Morgan fingerprint density at radius 3 is 2.20 bits per heavy atom. The first-order valence-electron chi connectivity index (χ1n) is 7.60. The average Bonchev–Trinajstić information content (AvgIpc) is 2.57. The standard InChI is InChI=1S/C16H22N2O7/c1-9(2)8-17-15(19)10(3)25-16(20)11-6-13(23-4)14(24-5)7-12(11)18(21)22/h6-7,9-10H,8H2,1-5H3,(H,17,19)/t10-/m0/s1. The summed E-state index contributed by atoms with van der Waals surface area (Å²) in [6, 6.07) is 2.22. The third-order valence-electron chi connectivity index (χ3n) is 3.26. The third kappa shape index (κ3) is 5.33. The van der Waals surface area contributed by atoms with Crippen LogP contribution in [0.4, 0.5) is 5.69 Å². The molecule has 0 fully saturated rings. The monoisotopic (exact) mass is 354 g/mol. The summed E-state index contributed by atoms with van der Waals surface area (Å²) in [5, 5.41) is 13.8. The van der Waals surface area contributed by atoms with Gasteiger partial charge in [-0.1, -0.05) is 13.8 Å². The molecule has 0 aromatic heterocycles. The number of hydrogen-bond acceptors (Lipinski definition) is 7. The van der Waals surface area contributed by atoms with Gasteiger partial charge in [-0.05, 0) is 12.8 Å². The molecule has 1 rings (SSSR count). The van der Waals surface area contributed by atoms with Crippen molar-refractivity contribution in [3.05, 3.63) is 27.8 Å². The number of ether oxygens (including phenoxy) is 3. The number of esters is 1. The van der Waals surface area contributed by atoms with E-state index >= 15 is 0 Å². The minimum Gasteiger partial charge on any atom is -0.493 e. The molecule has 9 nitrogen and oxygen atoms in total. The number of carbonyl (C=O) groups is 2. The van der Waals surface area contributed by atoms with E-state index in [-0.39, 0.29) is 23.0 Å². The fourth-order valence-corrected chi connectivity index (χ4v) is 1.91. The number of hydrogen-bond donors (Lipinski definition) is 1. The van der Waals surface area contributed by atoms with Crippen LogP contribution in [-0.2, 0) is 9.53 Å². The summed E-state index contributed by atoms with van der Waals surface area (Å²) in [5.74, 6) is -1.01. The van der Waals surface area contributed by atoms with Gasteiger partial charge in [0.25, 0.3) is 11.6 Å². The van der Waals surface area contributed by atoms with E-state index in [1.807, 2.05) is 13.8 Å². The Morgan fingerprint density at radius 2 is 1.72 bits per heavy atom. The summed E-state index contributed by atoms with van der Waals surface area (Å²) >= 11 is 0. The van der Waals surface area contributed by atoms with Crippen LogP contribution in [0, 0.1) is 16.0 Å². The van der Waals surface area contributed by atoms with Crippen molar-refractivity contribution in [2.45, 2.75) is 26.9 Å². The normalized spacial score (nSPS) is 11.6. The van der Waals surface area contributed by atoms with E-state index < -0.39 is 28.6 Å². The molecule has 0 bridgehead atoms. The minimum atomic E-state index is -1.10. The summed E-state index contributed by atoms with van der Waals surface area (Å²) in [7, 11) is 2.65. The molecule has 0 radical (unpaired) electrons. The molecule has 1 atom stereocenters. The lowest BCUT2D eigenvalue weighted by molar-refractivity contribution is -0.385. The number of benzene rings is 1. The zero-order chi connectivity index (χ0) is 19.1. The second-order valence-corrected chi connectivity index (χ2v) is 5.67. The fourth-order valence-electron chi connectivity index (χ4n) is 1.91. The molecule has 9 heteroatoms. The first-order chi connectivity index (χ1) is 11.7. The maximum Gasteiger partial charge on any atom is 0.346 e. The van der Waals surface area contributed by atoms with Crippen LogP contribution in [0.15, 0.2) is 12.1 Å². The molecule has 0 unspecified atom stereocenters. The van der Waals surface area contributed by atoms with E-state index in [2.05, 4.69) is 5.32 Å². The number of carbonyl (C=O) groups excluding carboxylic acids is 2. The van der Waals surface area contributed by atoms with Crippen molar-refractivity contribution >= 4 is 17.6 Å². The van der Waals surface area contributed by atoms with Gasteiger partial charge >= 0.3 is 5.97 Å². The maximum atomic E-state index is 12.3. The Hall–Kier alpha value is -2.84. The van der Waals surface area contributed by atoms with Gasteiger partial charge in [0.05, 0.1) is 25.2 Å². The number of methoxy groups -OCH3 is 2. The van der Waals surface area contributed by atoms with Gasteiger partial charge in [0.2, 0.25) is 0 Å². The van der Waals surface area contributed by atoms with Crippen molar-refractivity contribution in [1.82, 2.24) is 5.32 Å². The molecule has 25 heavy (non-hydrogen) atoms. The molecule has 1 amide bonds. The smallest absolute Gasteiger partial charge is 0.346 e. The molecule has 0 aliphatic heterocycles. The summed E-state index contributed by atoms with van der Waals surface area (Å²) in [6.45, 7) is 5.66. The molecule has 1 aromatic carbocycles. The average molecular weight is 354 g/mol. The first-order valence-corrected chi connectivity index (χ1v) is 7.60. The van der Waals surface area contributed by atoms with Crippen molar-refractivity contribution in [3.8, 4) is 11.5 Å². The molecule has 0 heterocycles. The highest BCUT2D eigenvalue weighted by atomic mass is 16.6. The number of nitro benzene ring substituents is 1. The molecule has 1 N–H and O–H groups in total. The Labute approximate surface area is 145 Å². The quantitative estimate of drug-likeness (QED) is 0.430. The van der Waals surface area contributed by atoms with E-state index in [0.29, 0.717) is 6.54 Å². The Balaban J connectivity index is 3.04. The molecule has 138 valence electrons. The summed E-state index contributed by atoms with van der Waals surface area (Å²) in [6.07, 6.45) is -1.10. The highest BCUT2D eigenvalue weighted by molar-refractivity contribution is 5.96. The lowest BCUT2D eigenvalue weighted by atomic mass is 10.1. The highest BCUT2D eigenvalue weighted by Gasteiger charge is 2.28. The zero-order valence-electron chi connectivity index (χ0n) is 14.8. The number of nitro groups is 1. The van der Waals surface area contributed by atoms with Gasteiger partial charge in [-0.2, -0.15) is 0 Å². The van der Waals surface area contributed by atoms with Gasteiger partial charge in [-0.15, -0.1) is 0 Å². The van der Waals surface area contributed by atoms with E-state index in [1.54, 1.807) is 0 Å². The topological polar surface area (TPSA) is 117 Å². The van der Waals surface area contributed by atoms with Crippen molar-refractivity contribution in [1.29, 1.82) is 0 Å². The zero-order valence-corrected chi connectivity index (χ0v) is 14.8. The fraction of sp³-hybridized carbons (Fsp3) is 0.500. The molecule has 0 saturated heterocycles. The van der Waals surface area contributed by atoms with Crippen molar-refractivity contribution in [2.75, 3.05) is 20.8 Å². The van der Waals surface area contributed by atoms with Gasteiger partial charge in [0, 0.05) is 12.6 Å². The SMILES string of the molecule is COc1cc(C(=O)O[C@@H](C)C(=O)NCC(C)C)c([N+](=O)[O-])cc1OC. The second kappa shape index (κ2) is 8.86. The van der Waals surface area contributed by atoms with Gasteiger partial charge in [-0.25, -0.2) is 4.79 Å². The Bertz CT molecular complexity index is 658. The van der Waals surface area contributed by atoms with Crippen LogP contribution in [0.2, 0.25) is 0 Å². The summed E-state index contributed by atoms with van der Waals surface area (Å²) in [4.78, 5) is 34.7. The summed E-state index contributed by atoms with van der Waals surface area (Å²) < 4.78 is 15.1. The van der Waals surface area contributed by atoms with Gasteiger partial charge < -0.3 is 19.5 Å². The van der Waals surface area contributed by atoms with Crippen LogP contribution in [0.25, 0.3) is 0 Å². The molecular formula is C16H22N2O7. The maximum absolute atomic E-state index is 12.3. The predicted molar refractivity (Wildman–Crippen MR) is 88.9 cm³/mol. The lowest BCUT2D eigenvalue weighted by Gasteiger charge is -2.15. The summed E-state index contributed by atoms with van der Waals surface area (Å²) in [5.41, 5.74) is -0.830. The lowest BCUT2D eigenvalue weighted by Crippen LogP contribution is -2.37. The van der Waals surface area contributed by atoms with Crippen LogP contribution in [-0.4, -0.2) is 43.7 Å². The van der Waals surface area contributed by atoms with E-state index in [0.717, 1.165) is 12.1 Å². The second-order valence-electron chi connectivity index (χ2n) is 5.67. The molecule has 0 spiro atoms. The first kappa shape index (κ1) is 20.2. The van der Waals surface area contributed by atoms with E-state index in [4.69, 9.17) is 14.2 Å². The number of rotatable bonds is 8. The molecular weight excluding hydrogens is 332 g/mol. The van der Waals surface area contributed by atoms with Crippen LogP contribution >= 0.6 is 0 Å². The highest BCUT2D eigenvalue weighted by Crippen LogP contribution is 2.34. The van der Waals surface area contributed by atoms with Crippen molar-refractivity contribution in [3.63, 3.8) is 0 Å². The van der Waals surface area contributed by atoms with Gasteiger partial charge in [-0.3, -0.25) is 14.9 Å². The van der Waals surface area contributed by atoms with E-state index in [1.165, 1.54) is 21.1 Å². The van der Waals surface area contributed by atoms with Crippen LogP contribution in [0.3, 0.4) is 0 Å². The van der Waals surface area contributed by atoms with Gasteiger partial charge in [0.1, 0.15) is 5.56 Å². The van der Waals surface area contributed by atoms with Crippen molar-refractivity contribution in [2.24, 2.45) is 5.92 Å². The Morgan fingerprint density at radius 1 is 1.16 bits per heavy atom. The van der Waals surface area contributed by atoms with Crippen LogP contribution in [0.5, 0.6) is 11.5 Å². The third-order valence-corrected chi connectivity index (χ3v) is 3.26. The molecule has 1 aromatic rings. The molecule has 0 aliphatic carbocycles. The Kier molecular flexibility index (Phi) is 7.16. The predicted octanol–water partition coefficient (Wildman–Crippen LogP) is 1.93. The van der Waals surface area contributed by atoms with Crippen LogP contribution < -0.4 is 14.8 Å². The number of nitrogens with zero attached hydrogens (tertiary/aromatic N) is 1. The number of amides is 1. The van der Waals surface area contributed by atoms with Gasteiger partial charge in [0.15, 0.2) is 17.6 Å². The molecule has 0 aliphatic rings. The largest absolute Gasteiger partial charge is 0.493 e. The van der Waals surface area contributed by atoms with Crippen molar-refractivity contribution < 1.29 is 28.7 Å². The number of nitrogens with one attached hydrogen (secondary N) is 1. The minimum absolute atomic E-state index is 0.105. The van der Waals surface area contributed by atoms with E-state index in [9.17, 15) is 19.7 Å². The van der Waals surface area contributed by atoms with Crippen LogP contribution in [0.1, 0.15) is 31.1 Å².